The number of nitrogens with zero attached hydrogens (tertiary/aromatic N) is 2. The van der Waals surface area contributed by atoms with Gasteiger partial charge in [-0.25, -0.2) is 9.78 Å². The summed E-state index contributed by atoms with van der Waals surface area (Å²) in [4.78, 5) is 28.3. The van der Waals surface area contributed by atoms with Crippen LogP contribution in [-0.4, -0.2) is 38.7 Å². The Labute approximate surface area is 150 Å². The van der Waals surface area contributed by atoms with E-state index in [4.69, 9.17) is 17.3 Å². The summed E-state index contributed by atoms with van der Waals surface area (Å²) < 4.78 is 1.09. The zero-order valence-electron chi connectivity index (χ0n) is 14.0. The van der Waals surface area contributed by atoms with E-state index < -0.39 is 17.5 Å². The Kier molecular flexibility index (Phi) is 4.71. The second kappa shape index (κ2) is 6.65. The highest BCUT2D eigenvalue weighted by Gasteiger charge is 2.33. The van der Waals surface area contributed by atoms with E-state index in [9.17, 15) is 14.7 Å². The van der Waals surface area contributed by atoms with Crippen molar-refractivity contribution in [2.45, 2.75) is 38.2 Å². The number of nitrogens with one attached hydrogen (secondary N) is 1. The SMILES string of the molecule is C[C@@H]1CCC[C@](O)(CNC(=O)c2cn(C(N)=O)c3nccc(Cl)c23)C1. The lowest BCUT2D eigenvalue weighted by molar-refractivity contribution is -0.0109. The van der Waals surface area contributed by atoms with Crippen LogP contribution in [0.4, 0.5) is 4.79 Å². The molecule has 7 nitrogen and oxygen atoms in total. The standard InChI is InChI=1S/C17H21ClN4O3/c1-10-3-2-5-17(25,7-10)9-21-15(23)11-8-22(16(19)24)14-13(11)12(18)4-6-20-14/h4,6,8,10,25H,2-3,5,7,9H2,1H3,(H2,19,24)(H,21,23)/t10-,17-/m1/s1. The predicted octanol–water partition coefficient (Wildman–Crippen LogP) is 2.29. The number of halogens is 1. The number of rotatable bonds is 3. The fourth-order valence-corrected chi connectivity index (χ4v) is 3.83. The van der Waals surface area contributed by atoms with Crippen molar-refractivity contribution in [1.29, 1.82) is 0 Å². The second-order valence-corrected chi connectivity index (χ2v) is 7.26. The monoisotopic (exact) mass is 364 g/mol. The van der Waals surface area contributed by atoms with Crippen molar-refractivity contribution in [1.82, 2.24) is 14.9 Å². The first-order valence-electron chi connectivity index (χ1n) is 8.27. The molecule has 4 N–H and O–H groups in total. The molecular formula is C17H21ClN4O3. The lowest BCUT2D eigenvalue weighted by atomic mass is 9.79. The number of amides is 2. The first-order chi connectivity index (χ1) is 11.8. The summed E-state index contributed by atoms with van der Waals surface area (Å²) in [7, 11) is 0. The molecule has 3 rings (SSSR count). The van der Waals surface area contributed by atoms with Crippen LogP contribution in [0.15, 0.2) is 18.5 Å². The predicted molar refractivity (Wildman–Crippen MR) is 94.6 cm³/mol. The first kappa shape index (κ1) is 17.7. The van der Waals surface area contributed by atoms with Gasteiger partial charge in [-0.1, -0.05) is 31.4 Å². The third-order valence-corrected chi connectivity index (χ3v) is 5.08. The quantitative estimate of drug-likeness (QED) is 0.775. The molecule has 2 aromatic rings. The van der Waals surface area contributed by atoms with E-state index in [0.717, 1.165) is 17.4 Å². The molecule has 0 aliphatic heterocycles. The smallest absolute Gasteiger partial charge is 0.324 e. The van der Waals surface area contributed by atoms with Gasteiger partial charge in [0.1, 0.15) is 5.65 Å². The third kappa shape index (κ3) is 3.48. The van der Waals surface area contributed by atoms with Gasteiger partial charge in [0.05, 0.1) is 21.6 Å². The molecule has 2 heterocycles. The van der Waals surface area contributed by atoms with Crippen LogP contribution in [0.3, 0.4) is 0 Å². The first-order valence-corrected chi connectivity index (χ1v) is 8.64. The van der Waals surface area contributed by atoms with Crippen molar-refractivity contribution in [2.24, 2.45) is 11.7 Å². The number of primary amides is 1. The van der Waals surface area contributed by atoms with Crippen LogP contribution in [0.25, 0.3) is 11.0 Å². The Bertz CT molecular complexity index is 835. The molecule has 0 spiro atoms. The Morgan fingerprint density at radius 1 is 1.56 bits per heavy atom. The van der Waals surface area contributed by atoms with Gasteiger partial charge in [0, 0.05) is 18.9 Å². The van der Waals surface area contributed by atoms with Crippen LogP contribution in [0.1, 0.15) is 43.0 Å². The summed E-state index contributed by atoms with van der Waals surface area (Å²) in [6, 6.07) is 0.793. The molecule has 0 aromatic carbocycles. The number of fused-ring (bicyclic) bond motifs is 1. The molecule has 1 fully saturated rings. The van der Waals surface area contributed by atoms with Crippen molar-refractivity contribution < 1.29 is 14.7 Å². The summed E-state index contributed by atoms with van der Waals surface area (Å²) in [5.41, 5.74) is 4.87. The zero-order valence-corrected chi connectivity index (χ0v) is 14.7. The summed E-state index contributed by atoms with van der Waals surface area (Å²) in [5.74, 6) is -0.00220. The van der Waals surface area contributed by atoms with E-state index in [1.54, 1.807) is 6.07 Å². The number of pyridine rings is 1. The average molecular weight is 365 g/mol. The summed E-state index contributed by atoms with van der Waals surface area (Å²) in [6.07, 6.45) is 6.10. The molecule has 134 valence electrons. The van der Waals surface area contributed by atoms with Crippen molar-refractivity contribution in [3.63, 3.8) is 0 Å². The lowest BCUT2D eigenvalue weighted by Crippen LogP contribution is -2.45. The van der Waals surface area contributed by atoms with Gasteiger partial charge in [0.25, 0.3) is 5.91 Å². The highest BCUT2D eigenvalue weighted by atomic mass is 35.5. The highest BCUT2D eigenvalue weighted by molar-refractivity contribution is 6.36. The molecular weight excluding hydrogens is 344 g/mol. The van der Waals surface area contributed by atoms with E-state index in [1.165, 1.54) is 12.4 Å². The number of carbonyl (C=O) groups is 2. The van der Waals surface area contributed by atoms with Gasteiger partial charge >= 0.3 is 6.03 Å². The fourth-order valence-electron chi connectivity index (χ4n) is 3.59. The van der Waals surface area contributed by atoms with Crippen LogP contribution < -0.4 is 11.1 Å². The molecule has 2 atom stereocenters. The number of aromatic nitrogens is 2. The molecule has 2 aromatic heterocycles. The minimum atomic E-state index is -0.905. The van der Waals surface area contributed by atoms with Crippen LogP contribution >= 0.6 is 11.6 Å². The summed E-state index contributed by atoms with van der Waals surface area (Å²) in [6.45, 7) is 2.25. The van der Waals surface area contributed by atoms with Crippen LogP contribution in [0.5, 0.6) is 0 Å². The maximum Gasteiger partial charge on any atom is 0.324 e. The maximum absolute atomic E-state index is 12.6. The van der Waals surface area contributed by atoms with Gasteiger partial charge < -0.3 is 16.2 Å². The molecule has 0 radical (unpaired) electrons. The Morgan fingerprint density at radius 3 is 3.00 bits per heavy atom. The van der Waals surface area contributed by atoms with Gasteiger partial charge in [0.15, 0.2) is 0 Å². The number of nitrogens with two attached hydrogens (primary N) is 1. The van der Waals surface area contributed by atoms with Gasteiger partial charge in [-0.2, -0.15) is 0 Å². The largest absolute Gasteiger partial charge is 0.388 e. The Hall–Kier alpha value is -2.12. The fraction of sp³-hybridized carbons (Fsp3) is 0.471. The molecule has 1 aliphatic carbocycles. The third-order valence-electron chi connectivity index (χ3n) is 4.76. The maximum atomic E-state index is 12.6. The van der Waals surface area contributed by atoms with E-state index in [-0.39, 0.29) is 17.8 Å². The summed E-state index contributed by atoms with van der Waals surface area (Å²) in [5, 5.41) is 14.1. The number of carbonyl (C=O) groups excluding carboxylic acids is 2. The van der Waals surface area contributed by atoms with Crippen molar-refractivity contribution in [2.75, 3.05) is 6.54 Å². The van der Waals surface area contributed by atoms with E-state index >= 15 is 0 Å². The number of aliphatic hydroxyl groups is 1. The molecule has 2 amide bonds. The van der Waals surface area contributed by atoms with Gasteiger partial charge in [-0.3, -0.25) is 9.36 Å². The van der Waals surface area contributed by atoms with E-state index in [2.05, 4.69) is 17.2 Å². The van der Waals surface area contributed by atoms with E-state index in [1.807, 2.05) is 0 Å². The normalized spacial score (nSPS) is 23.6. The molecule has 0 unspecified atom stereocenters. The molecule has 1 aliphatic rings. The Balaban J connectivity index is 1.86. The van der Waals surface area contributed by atoms with Gasteiger partial charge in [-0.15, -0.1) is 0 Å². The van der Waals surface area contributed by atoms with Crippen LogP contribution in [-0.2, 0) is 0 Å². The topological polar surface area (TPSA) is 110 Å². The zero-order chi connectivity index (χ0) is 18.2. The molecule has 8 heteroatoms. The molecule has 1 saturated carbocycles. The average Bonchev–Trinajstić information content (AvgIpc) is 2.94. The second-order valence-electron chi connectivity index (χ2n) is 6.85. The number of hydrogen-bond acceptors (Lipinski definition) is 4. The minimum Gasteiger partial charge on any atom is -0.388 e. The van der Waals surface area contributed by atoms with Crippen LogP contribution in [0.2, 0.25) is 5.02 Å². The van der Waals surface area contributed by atoms with Gasteiger partial charge in [-0.05, 0) is 24.8 Å². The minimum absolute atomic E-state index is 0.150. The van der Waals surface area contributed by atoms with Crippen molar-refractivity contribution >= 4 is 34.6 Å². The lowest BCUT2D eigenvalue weighted by Gasteiger charge is -2.35. The van der Waals surface area contributed by atoms with Crippen LogP contribution in [0, 0.1) is 5.92 Å². The summed E-state index contributed by atoms with van der Waals surface area (Å²) >= 11 is 6.18. The van der Waals surface area contributed by atoms with Gasteiger partial charge in [0.2, 0.25) is 0 Å². The molecule has 0 saturated heterocycles. The Morgan fingerprint density at radius 2 is 2.32 bits per heavy atom. The number of hydrogen-bond donors (Lipinski definition) is 3. The molecule has 0 bridgehead atoms. The van der Waals surface area contributed by atoms with E-state index in [0.29, 0.717) is 29.2 Å². The molecule has 25 heavy (non-hydrogen) atoms. The van der Waals surface area contributed by atoms with Crippen molar-refractivity contribution in [3.8, 4) is 0 Å². The highest BCUT2D eigenvalue weighted by Crippen LogP contribution is 2.32. The van der Waals surface area contributed by atoms with Crippen molar-refractivity contribution in [3.05, 3.63) is 29.0 Å².